The highest BCUT2D eigenvalue weighted by molar-refractivity contribution is 5.93. The summed E-state index contributed by atoms with van der Waals surface area (Å²) in [5.74, 6) is -0.736. The first kappa shape index (κ1) is 28.3. The lowest BCUT2D eigenvalue weighted by molar-refractivity contribution is -0.146. The molecule has 1 fully saturated rings. The number of carbonyl (C=O) groups is 3. The largest absolute Gasteiger partial charge is 0.361 e. The van der Waals surface area contributed by atoms with E-state index in [0.29, 0.717) is 32.2 Å². The van der Waals surface area contributed by atoms with Crippen molar-refractivity contribution in [3.63, 3.8) is 0 Å². The quantitative estimate of drug-likeness (QED) is 0.315. The van der Waals surface area contributed by atoms with E-state index < -0.39 is 22.9 Å². The van der Waals surface area contributed by atoms with Gasteiger partial charge in [0, 0.05) is 50.7 Å². The predicted molar refractivity (Wildman–Crippen MR) is 152 cm³/mol. The van der Waals surface area contributed by atoms with Gasteiger partial charge in [-0.25, -0.2) is 5.01 Å². The number of hydrogen-bond donors (Lipinski definition) is 4. The third kappa shape index (κ3) is 6.66. The van der Waals surface area contributed by atoms with Crippen LogP contribution >= 0.6 is 0 Å². The zero-order chi connectivity index (χ0) is 28.2. The van der Waals surface area contributed by atoms with E-state index in [4.69, 9.17) is 5.73 Å². The molecule has 1 aliphatic rings. The van der Waals surface area contributed by atoms with E-state index in [2.05, 4.69) is 15.7 Å². The molecule has 2 atom stereocenters. The number of piperidine rings is 1. The summed E-state index contributed by atoms with van der Waals surface area (Å²) in [5, 5.41) is 5.55. The fourth-order valence-corrected chi connectivity index (χ4v) is 5.32. The molecule has 39 heavy (non-hydrogen) atoms. The van der Waals surface area contributed by atoms with Gasteiger partial charge < -0.3 is 20.9 Å². The molecule has 3 aromatic rings. The number of nitrogens with two attached hydrogens (primary N) is 1. The Morgan fingerprint density at radius 1 is 1.10 bits per heavy atom. The highest BCUT2D eigenvalue weighted by atomic mass is 16.2. The van der Waals surface area contributed by atoms with Crippen molar-refractivity contribution >= 4 is 28.6 Å². The number of carbonyl (C=O) groups excluding carboxylic acids is 3. The first-order chi connectivity index (χ1) is 18.5. The smallest absolute Gasteiger partial charge is 0.245 e. The van der Waals surface area contributed by atoms with Crippen LogP contribution in [0.25, 0.3) is 10.9 Å². The maximum atomic E-state index is 14.1. The second kappa shape index (κ2) is 11.6. The molecule has 208 valence electrons. The van der Waals surface area contributed by atoms with Gasteiger partial charge in [-0.05, 0) is 50.3 Å². The van der Waals surface area contributed by atoms with Gasteiger partial charge in [0.05, 0.1) is 11.0 Å². The van der Waals surface area contributed by atoms with E-state index in [1.54, 1.807) is 37.9 Å². The number of aromatic amines is 1. The Morgan fingerprint density at radius 3 is 2.49 bits per heavy atom. The van der Waals surface area contributed by atoms with Crippen molar-refractivity contribution in [2.75, 3.05) is 27.2 Å². The zero-order valence-corrected chi connectivity index (χ0v) is 23.3. The zero-order valence-electron chi connectivity index (χ0n) is 23.3. The number of rotatable bonds is 9. The van der Waals surface area contributed by atoms with Gasteiger partial charge in [-0.15, -0.1) is 0 Å². The number of benzene rings is 2. The average molecular weight is 533 g/mol. The molecular weight excluding hydrogens is 492 g/mol. The van der Waals surface area contributed by atoms with E-state index >= 15 is 0 Å². The number of likely N-dealkylation sites (tertiary alicyclic amines) is 1. The van der Waals surface area contributed by atoms with Crippen LogP contribution in [0.1, 0.15) is 37.8 Å². The van der Waals surface area contributed by atoms with Gasteiger partial charge in [0.25, 0.3) is 0 Å². The highest BCUT2D eigenvalue weighted by Gasteiger charge is 2.45. The summed E-state index contributed by atoms with van der Waals surface area (Å²) < 4.78 is 0. The van der Waals surface area contributed by atoms with E-state index in [-0.39, 0.29) is 18.4 Å². The third-order valence-electron chi connectivity index (χ3n) is 7.37. The average Bonchev–Trinajstić information content (AvgIpc) is 3.30. The molecule has 2 aromatic carbocycles. The summed E-state index contributed by atoms with van der Waals surface area (Å²) in [4.78, 5) is 45.7. The molecule has 4 rings (SSSR count). The molecule has 2 heterocycles. The van der Waals surface area contributed by atoms with Crippen molar-refractivity contribution in [1.82, 2.24) is 25.6 Å². The molecule has 0 saturated carbocycles. The van der Waals surface area contributed by atoms with Crippen LogP contribution < -0.4 is 16.5 Å². The monoisotopic (exact) mass is 532 g/mol. The Bertz CT molecular complexity index is 1310. The summed E-state index contributed by atoms with van der Waals surface area (Å²) in [6, 6.07) is 16.9. The molecule has 1 saturated heterocycles. The van der Waals surface area contributed by atoms with Crippen LogP contribution in [0.5, 0.6) is 0 Å². The second-order valence-electron chi connectivity index (χ2n) is 11.5. The van der Waals surface area contributed by atoms with E-state index in [1.807, 2.05) is 60.8 Å². The topological polar surface area (TPSA) is 124 Å². The molecule has 0 unspecified atom stereocenters. The molecular formula is C30H40N6O3. The van der Waals surface area contributed by atoms with Crippen LogP contribution in [-0.4, -0.2) is 71.4 Å². The fourth-order valence-electron chi connectivity index (χ4n) is 5.32. The summed E-state index contributed by atoms with van der Waals surface area (Å²) in [6.45, 7) is 4.00. The van der Waals surface area contributed by atoms with Crippen molar-refractivity contribution in [3.05, 3.63) is 71.9 Å². The van der Waals surface area contributed by atoms with Gasteiger partial charge in [-0.3, -0.25) is 19.8 Å². The lowest BCUT2D eigenvalue weighted by Gasteiger charge is -2.43. The minimum absolute atomic E-state index is 0.117. The van der Waals surface area contributed by atoms with Crippen LogP contribution in [0.3, 0.4) is 0 Å². The van der Waals surface area contributed by atoms with Crippen molar-refractivity contribution in [2.24, 2.45) is 11.1 Å². The normalized spacial score (nSPS) is 18.7. The third-order valence-corrected chi connectivity index (χ3v) is 7.37. The highest BCUT2D eigenvalue weighted by Crippen LogP contribution is 2.35. The molecule has 9 heteroatoms. The van der Waals surface area contributed by atoms with E-state index in [9.17, 15) is 14.4 Å². The Labute approximate surface area is 230 Å². The molecule has 0 aliphatic carbocycles. The number of fused-ring (bicyclic) bond motifs is 1. The maximum absolute atomic E-state index is 14.1. The van der Waals surface area contributed by atoms with Crippen LogP contribution in [0.2, 0.25) is 0 Å². The van der Waals surface area contributed by atoms with Crippen LogP contribution in [0.15, 0.2) is 60.8 Å². The van der Waals surface area contributed by atoms with Gasteiger partial charge in [0.15, 0.2) is 0 Å². The van der Waals surface area contributed by atoms with E-state index in [1.165, 1.54) is 0 Å². The first-order valence-electron chi connectivity index (χ1n) is 13.4. The van der Waals surface area contributed by atoms with Crippen molar-refractivity contribution in [2.45, 2.75) is 51.1 Å². The minimum atomic E-state index is -1.15. The number of para-hydroxylation sites is 1. The number of nitrogens with one attached hydrogen (secondary N) is 3. The molecule has 0 spiro atoms. The summed E-state index contributed by atoms with van der Waals surface area (Å²) in [5.41, 5.74) is 9.99. The molecule has 0 radical (unpaired) electrons. The number of hydrogen-bond acceptors (Lipinski definition) is 5. The Morgan fingerprint density at radius 2 is 1.79 bits per heavy atom. The molecule has 1 aromatic heterocycles. The second-order valence-corrected chi connectivity index (χ2v) is 11.5. The fraction of sp³-hybridized carbons (Fsp3) is 0.433. The number of aromatic nitrogens is 1. The number of amides is 3. The lowest BCUT2D eigenvalue weighted by atomic mass is 9.74. The van der Waals surface area contributed by atoms with Gasteiger partial charge >= 0.3 is 0 Å². The number of nitrogens with zero attached hydrogens (tertiary/aromatic N) is 2. The van der Waals surface area contributed by atoms with Crippen LogP contribution in [0, 0.1) is 5.41 Å². The SMILES string of the molecule is CN(C)NC(=O)[C@@]1(Cc2ccccc2)CCCN(C(=O)[C@@H](Cc2c[nH]c3ccccc23)NC(=O)C(C)(C)N)C1. The van der Waals surface area contributed by atoms with Crippen molar-refractivity contribution in [1.29, 1.82) is 0 Å². The summed E-state index contributed by atoms with van der Waals surface area (Å²) in [6.07, 6.45) is 4.02. The van der Waals surface area contributed by atoms with Crippen LogP contribution in [-0.2, 0) is 27.2 Å². The van der Waals surface area contributed by atoms with Gasteiger partial charge in [0.1, 0.15) is 6.04 Å². The van der Waals surface area contributed by atoms with Crippen LogP contribution in [0.4, 0.5) is 0 Å². The molecule has 0 bridgehead atoms. The standard InChI is InChI=1S/C30H40N6O3/c1-29(2,31)27(38)33-25(17-22-19-32-24-14-9-8-13-23(22)24)26(37)36-16-10-15-30(20-36,28(39)34-35(3)4)18-21-11-6-5-7-12-21/h5-9,11-14,19,25,32H,10,15-18,20,31H2,1-4H3,(H,33,38)(H,34,39)/t25-,30-/m1/s1. The molecule has 3 amide bonds. The first-order valence-corrected chi connectivity index (χ1v) is 13.4. The maximum Gasteiger partial charge on any atom is 0.245 e. The Kier molecular flexibility index (Phi) is 8.42. The Hall–Kier alpha value is -3.69. The van der Waals surface area contributed by atoms with Crippen molar-refractivity contribution < 1.29 is 14.4 Å². The van der Waals surface area contributed by atoms with Gasteiger partial charge in [0.2, 0.25) is 17.7 Å². The molecule has 9 nitrogen and oxygen atoms in total. The van der Waals surface area contributed by atoms with Gasteiger partial charge in [-0.2, -0.15) is 0 Å². The summed E-state index contributed by atoms with van der Waals surface area (Å²) >= 11 is 0. The molecule has 1 aliphatic heterocycles. The number of H-pyrrole nitrogens is 1. The Balaban J connectivity index is 1.64. The predicted octanol–water partition coefficient (Wildman–Crippen LogP) is 2.38. The lowest BCUT2D eigenvalue weighted by Crippen LogP contribution is -2.61. The van der Waals surface area contributed by atoms with Crippen molar-refractivity contribution in [3.8, 4) is 0 Å². The van der Waals surface area contributed by atoms with Gasteiger partial charge in [-0.1, -0.05) is 48.5 Å². The van der Waals surface area contributed by atoms with E-state index in [0.717, 1.165) is 22.0 Å². The molecule has 5 N–H and O–H groups in total. The number of hydrazine groups is 1. The minimum Gasteiger partial charge on any atom is -0.361 e. The summed E-state index contributed by atoms with van der Waals surface area (Å²) in [7, 11) is 3.56.